The molecule has 0 aliphatic heterocycles. The van der Waals surface area contributed by atoms with Crippen molar-refractivity contribution >= 4 is 0 Å². The van der Waals surface area contributed by atoms with Crippen LogP contribution in [0.4, 0.5) is 0 Å². The molecule has 1 unspecified atom stereocenters. The van der Waals surface area contributed by atoms with E-state index in [4.69, 9.17) is 0 Å². The third kappa shape index (κ3) is 4.08. The fourth-order valence-electron chi connectivity index (χ4n) is 3.15. The maximum Gasteiger partial charge on any atom is 0.0908 e. The van der Waals surface area contributed by atoms with Gasteiger partial charge < -0.3 is 10.2 Å². The van der Waals surface area contributed by atoms with Crippen LogP contribution in [0.3, 0.4) is 0 Å². The quantitative estimate of drug-likeness (QED) is 0.888. The van der Waals surface area contributed by atoms with Gasteiger partial charge in [0.1, 0.15) is 0 Å². The second-order valence-electron chi connectivity index (χ2n) is 7.95. The molecule has 1 aromatic carbocycles. The van der Waals surface area contributed by atoms with E-state index in [1.165, 1.54) is 5.56 Å². The van der Waals surface area contributed by atoms with Gasteiger partial charge in [0.2, 0.25) is 0 Å². The van der Waals surface area contributed by atoms with Gasteiger partial charge in [-0.3, -0.25) is 0 Å². The number of aliphatic hydroxyl groups excluding tert-OH is 1. The van der Waals surface area contributed by atoms with E-state index < -0.39 is 11.7 Å². The van der Waals surface area contributed by atoms with Crippen LogP contribution >= 0.6 is 0 Å². The third-order valence-corrected chi connectivity index (χ3v) is 5.01. The molecule has 1 aromatic rings. The Bertz CT molecular complexity index is 447. The zero-order chi connectivity index (χ0) is 15.7. The molecule has 1 saturated carbocycles. The molecule has 0 aromatic heterocycles. The molecular weight excluding hydrogens is 260 g/mol. The summed E-state index contributed by atoms with van der Waals surface area (Å²) in [7, 11) is 0. The van der Waals surface area contributed by atoms with E-state index in [9.17, 15) is 10.2 Å². The topological polar surface area (TPSA) is 40.5 Å². The molecule has 2 heteroatoms. The lowest BCUT2D eigenvalue weighted by Gasteiger charge is -2.38. The Hall–Kier alpha value is -0.860. The van der Waals surface area contributed by atoms with Gasteiger partial charge in [-0.15, -0.1) is 0 Å². The lowest BCUT2D eigenvalue weighted by Crippen LogP contribution is -2.46. The van der Waals surface area contributed by atoms with Crippen molar-refractivity contribution in [1.29, 1.82) is 0 Å². The summed E-state index contributed by atoms with van der Waals surface area (Å²) in [6.45, 7) is 8.81. The molecule has 21 heavy (non-hydrogen) atoms. The number of benzene rings is 1. The first-order valence-electron chi connectivity index (χ1n) is 8.20. The molecule has 1 atom stereocenters. The molecule has 1 fully saturated rings. The van der Waals surface area contributed by atoms with Crippen LogP contribution in [0.2, 0.25) is 0 Å². The Labute approximate surface area is 129 Å². The standard InChI is InChI=1S/C19H30O2/c1-14-9-11-19(21,12-10-14)17(20)13-15-5-7-16(8-6-15)18(2,3)4/h5-8,14,17,20-21H,9-13H2,1-4H3. The van der Waals surface area contributed by atoms with Crippen LogP contribution in [0.1, 0.15) is 64.5 Å². The minimum Gasteiger partial charge on any atom is -0.390 e. The van der Waals surface area contributed by atoms with E-state index in [1.54, 1.807) is 0 Å². The predicted molar refractivity (Wildman–Crippen MR) is 87.4 cm³/mol. The summed E-state index contributed by atoms with van der Waals surface area (Å²) in [5.41, 5.74) is 1.65. The van der Waals surface area contributed by atoms with Crippen LogP contribution in [-0.4, -0.2) is 21.9 Å². The largest absolute Gasteiger partial charge is 0.390 e. The van der Waals surface area contributed by atoms with Gasteiger partial charge in [-0.05, 0) is 48.1 Å². The van der Waals surface area contributed by atoms with Gasteiger partial charge in [0, 0.05) is 6.42 Å². The molecule has 0 spiro atoms. The minimum atomic E-state index is -0.894. The van der Waals surface area contributed by atoms with Crippen molar-refractivity contribution in [3.63, 3.8) is 0 Å². The molecule has 118 valence electrons. The van der Waals surface area contributed by atoms with Crippen molar-refractivity contribution in [3.05, 3.63) is 35.4 Å². The van der Waals surface area contributed by atoms with Crippen LogP contribution in [0.5, 0.6) is 0 Å². The molecule has 2 N–H and O–H groups in total. The maximum atomic E-state index is 10.7. The minimum absolute atomic E-state index is 0.148. The molecule has 2 nitrogen and oxygen atoms in total. The van der Waals surface area contributed by atoms with E-state index in [1.807, 2.05) is 0 Å². The molecule has 0 saturated heterocycles. The average molecular weight is 290 g/mol. The van der Waals surface area contributed by atoms with E-state index in [-0.39, 0.29) is 5.41 Å². The molecule has 0 bridgehead atoms. The third-order valence-electron chi connectivity index (χ3n) is 5.01. The number of hydrogen-bond donors (Lipinski definition) is 2. The summed E-state index contributed by atoms with van der Waals surface area (Å²) in [5, 5.41) is 21.1. The Kier molecular flexibility index (Phi) is 4.79. The summed E-state index contributed by atoms with van der Waals surface area (Å²) in [4.78, 5) is 0. The molecule has 0 heterocycles. The summed E-state index contributed by atoms with van der Waals surface area (Å²) in [6.07, 6.45) is 3.33. The highest BCUT2D eigenvalue weighted by Crippen LogP contribution is 2.35. The molecule has 1 aliphatic rings. The molecular formula is C19H30O2. The van der Waals surface area contributed by atoms with E-state index in [0.29, 0.717) is 12.3 Å². The van der Waals surface area contributed by atoms with Crippen molar-refractivity contribution in [1.82, 2.24) is 0 Å². The van der Waals surface area contributed by atoms with Crippen LogP contribution in [0.25, 0.3) is 0 Å². The normalized spacial score (nSPS) is 28.4. The van der Waals surface area contributed by atoms with Crippen molar-refractivity contribution < 1.29 is 10.2 Å². The molecule has 0 amide bonds. The van der Waals surface area contributed by atoms with Crippen molar-refractivity contribution in [2.75, 3.05) is 0 Å². The second-order valence-corrected chi connectivity index (χ2v) is 7.95. The lowest BCUT2D eigenvalue weighted by molar-refractivity contribution is -0.102. The van der Waals surface area contributed by atoms with Crippen molar-refractivity contribution in [3.8, 4) is 0 Å². The highest BCUT2D eigenvalue weighted by atomic mass is 16.3. The van der Waals surface area contributed by atoms with Gasteiger partial charge in [-0.1, -0.05) is 52.0 Å². The molecule has 0 radical (unpaired) electrons. The molecule has 1 aliphatic carbocycles. The van der Waals surface area contributed by atoms with Gasteiger partial charge in [0.15, 0.2) is 0 Å². The van der Waals surface area contributed by atoms with Crippen molar-refractivity contribution in [2.24, 2.45) is 5.92 Å². The Balaban J connectivity index is 2.01. The first kappa shape index (κ1) is 16.5. The van der Waals surface area contributed by atoms with Crippen LogP contribution in [0, 0.1) is 5.92 Å². The summed E-state index contributed by atoms with van der Waals surface area (Å²) in [6, 6.07) is 8.43. The lowest BCUT2D eigenvalue weighted by atomic mass is 9.75. The first-order chi connectivity index (χ1) is 9.71. The summed E-state index contributed by atoms with van der Waals surface area (Å²) < 4.78 is 0. The number of hydrogen-bond acceptors (Lipinski definition) is 2. The van der Waals surface area contributed by atoms with Crippen molar-refractivity contribution in [2.45, 2.75) is 76.9 Å². The Morgan fingerprint density at radius 1 is 1.14 bits per heavy atom. The Morgan fingerprint density at radius 3 is 2.14 bits per heavy atom. The number of rotatable bonds is 3. The van der Waals surface area contributed by atoms with Gasteiger partial charge in [0.05, 0.1) is 11.7 Å². The van der Waals surface area contributed by atoms with Gasteiger partial charge in [0.25, 0.3) is 0 Å². The fourth-order valence-corrected chi connectivity index (χ4v) is 3.15. The zero-order valence-corrected chi connectivity index (χ0v) is 13.9. The Morgan fingerprint density at radius 2 is 1.67 bits per heavy atom. The van der Waals surface area contributed by atoms with Gasteiger partial charge in [-0.25, -0.2) is 0 Å². The van der Waals surface area contributed by atoms with Crippen LogP contribution in [0.15, 0.2) is 24.3 Å². The first-order valence-corrected chi connectivity index (χ1v) is 8.20. The van der Waals surface area contributed by atoms with E-state index in [2.05, 4.69) is 52.0 Å². The summed E-state index contributed by atoms with van der Waals surface area (Å²) >= 11 is 0. The van der Waals surface area contributed by atoms with Gasteiger partial charge >= 0.3 is 0 Å². The van der Waals surface area contributed by atoms with Gasteiger partial charge in [-0.2, -0.15) is 0 Å². The number of aliphatic hydroxyl groups is 2. The maximum absolute atomic E-state index is 10.7. The SMILES string of the molecule is CC1CCC(O)(C(O)Cc2ccc(C(C)(C)C)cc2)CC1. The fraction of sp³-hybridized carbons (Fsp3) is 0.684. The van der Waals surface area contributed by atoms with E-state index in [0.717, 1.165) is 31.2 Å². The van der Waals surface area contributed by atoms with Crippen LogP contribution < -0.4 is 0 Å². The zero-order valence-electron chi connectivity index (χ0n) is 13.9. The molecule has 2 rings (SSSR count). The predicted octanol–water partition coefficient (Wildman–Crippen LogP) is 3.83. The highest BCUT2D eigenvalue weighted by Gasteiger charge is 2.38. The monoisotopic (exact) mass is 290 g/mol. The average Bonchev–Trinajstić information content (AvgIpc) is 2.42. The highest BCUT2D eigenvalue weighted by molar-refractivity contribution is 5.28. The van der Waals surface area contributed by atoms with Crippen LogP contribution in [-0.2, 0) is 11.8 Å². The smallest absolute Gasteiger partial charge is 0.0908 e. The summed E-state index contributed by atoms with van der Waals surface area (Å²) in [5.74, 6) is 0.670. The van der Waals surface area contributed by atoms with E-state index >= 15 is 0 Å². The second kappa shape index (κ2) is 6.10.